The highest BCUT2D eigenvalue weighted by Crippen LogP contribution is 2.32. The van der Waals surface area contributed by atoms with Crippen molar-refractivity contribution in [3.8, 4) is 5.69 Å². The topological polar surface area (TPSA) is 52.0 Å². The minimum atomic E-state index is -0.315. The van der Waals surface area contributed by atoms with Crippen molar-refractivity contribution in [1.82, 2.24) is 20.3 Å². The molecule has 5 heteroatoms. The lowest BCUT2D eigenvalue weighted by atomic mass is 9.90. The van der Waals surface area contributed by atoms with Crippen LogP contribution in [-0.2, 0) is 4.74 Å². The summed E-state index contributed by atoms with van der Waals surface area (Å²) < 4.78 is 7.66. The molecule has 0 saturated heterocycles. The van der Waals surface area contributed by atoms with Crippen LogP contribution in [0.15, 0.2) is 36.5 Å². The van der Waals surface area contributed by atoms with Crippen molar-refractivity contribution in [2.45, 2.75) is 38.8 Å². The lowest BCUT2D eigenvalue weighted by Crippen LogP contribution is -2.43. The van der Waals surface area contributed by atoms with Gasteiger partial charge in [-0.2, -0.15) is 0 Å². The summed E-state index contributed by atoms with van der Waals surface area (Å²) in [6, 6.07) is 10.1. The molecule has 0 bridgehead atoms. The molecule has 1 N–H and O–H groups in total. The van der Waals surface area contributed by atoms with Gasteiger partial charge < -0.3 is 10.1 Å². The van der Waals surface area contributed by atoms with Crippen LogP contribution in [0.25, 0.3) is 5.69 Å². The Labute approximate surface area is 126 Å². The monoisotopic (exact) mass is 288 g/mol. The van der Waals surface area contributed by atoms with Crippen molar-refractivity contribution in [3.63, 3.8) is 0 Å². The molecule has 2 rings (SSSR count). The number of para-hydroxylation sites is 1. The summed E-state index contributed by atoms with van der Waals surface area (Å²) in [6.45, 7) is 7.19. The lowest BCUT2D eigenvalue weighted by molar-refractivity contribution is -0.0312. The Bertz CT molecular complexity index is 548. The van der Waals surface area contributed by atoms with E-state index in [1.165, 1.54) is 0 Å². The van der Waals surface area contributed by atoms with Crippen LogP contribution >= 0.6 is 0 Å². The van der Waals surface area contributed by atoms with Crippen LogP contribution in [0.2, 0.25) is 0 Å². The van der Waals surface area contributed by atoms with Crippen molar-refractivity contribution < 1.29 is 4.74 Å². The normalized spacial score (nSPS) is 15.6. The standard InChI is InChI=1S/C16H24N4O/c1-5-16(3,21-4)15(17-6-2)14-12-18-19-20(14)13-10-8-7-9-11-13/h7-12,15,17H,5-6H2,1-4H3. The average Bonchev–Trinajstić information content (AvgIpc) is 3.02. The Hall–Kier alpha value is -1.72. The summed E-state index contributed by atoms with van der Waals surface area (Å²) >= 11 is 0. The van der Waals surface area contributed by atoms with Crippen LogP contribution in [0.3, 0.4) is 0 Å². The molecule has 0 radical (unpaired) electrons. The third-order valence-corrected chi connectivity index (χ3v) is 4.06. The zero-order chi connectivity index (χ0) is 15.3. The largest absolute Gasteiger partial charge is 0.376 e. The number of hydrogen-bond acceptors (Lipinski definition) is 4. The molecule has 0 amide bonds. The molecule has 0 spiro atoms. The highest BCUT2D eigenvalue weighted by atomic mass is 16.5. The third-order valence-electron chi connectivity index (χ3n) is 4.06. The van der Waals surface area contributed by atoms with Crippen molar-refractivity contribution in [2.24, 2.45) is 0 Å². The number of benzene rings is 1. The second kappa shape index (κ2) is 6.83. The quantitative estimate of drug-likeness (QED) is 0.851. The summed E-state index contributed by atoms with van der Waals surface area (Å²) in [5, 5.41) is 11.9. The lowest BCUT2D eigenvalue weighted by Gasteiger charge is -2.36. The van der Waals surface area contributed by atoms with Gasteiger partial charge in [-0.1, -0.05) is 37.3 Å². The predicted molar refractivity (Wildman–Crippen MR) is 83.5 cm³/mol. The van der Waals surface area contributed by atoms with Gasteiger partial charge in [-0.25, -0.2) is 4.68 Å². The number of likely N-dealkylation sites (N-methyl/N-ethyl adjacent to an activating group) is 1. The maximum Gasteiger partial charge on any atom is 0.0857 e. The Morgan fingerprint density at radius 1 is 1.29 bits per heavy atom. The summed E-state index contributed by atoms with van der Waals surface area (Å²) in [5.41, 5.74) is 1.70. The Balaban J connectivity index is 2.45. The molecule has 2 atom stereocenters. The summed E-state index contributed by atoms with van der Waals surface area (Å²) in [7, 11) is 1.75. The third kappa shape index (κ3) is 3.14. The highest BCUT2D eigenvalue weighted by molar-refractivity contribution is 5.32. The zero-order valence-electron chi connectivity index (χ0n) is 13.2. The molecular formula is C16H24N4O. The van der Waals surface area contributed by atoms with E-state index in [0.29, 0.717) is 0 Å². The molecule has 0 aliphatic rings. The van der Waals surface area contributed by atoms with Gasteiger partial charge in [0.2, 0.25) is 0 Å². The number of rotatable bonds is 7. The fourth-order valence-corrected chi connectivity index (χ4v) is 2.51. The highest BCUT2D eigenvalue weighted by Gasteiger charge is 2.36. The molecule has 21 heavy (non-hydrogen) atoms. The van der Waals surface area contributed by atoms with Crippen LogP contribution in [0.5, 0.6) is 0 Å². The van der Waals surface area contributed by atoms with E-state index < -0.39 is 0 Å². The van der Waals surface area contributed by atoms with Crippen molar-refractivity contribution in [3.05, 3.63) is 42.2 Å². The number of nitrogens with one attached hydrogen (secondary N) is 1. The molecule has 1 heterocycles. The predicted octanol–water partition coefficient (Wildman–Crippen LogP) is 2.73. The number of methoxy groups -OCH3 is 1. The molecule has 0 fully saturated rings. The summed E-state index contributed by atoms with van der Waals surface area (Å²) in [5.74, 6) is 0. The van der Waals surface area contributed by atoms with Gasteiger partial charge in [0.05, 0.1) is 29.2 Å². The van der Waals surface area contributed by atoms with Crippen LogP contribution in [0.1, 0.15) is 38.9 Å². The number of aromatic nitrogens is 3. The van der Waals surface area contributed by atoms with Gasteiger partial charge in [0.25, 0.3) is 0 Å². The fourth-order valence-electron chi connectivity index (χ4n) is 2.51. The second-order valence-electron chi connectivity index (χ2n) is 5.27. The first-order chi connectivity index (χ1) is 10.2. The SMILES string of the molecule is CCNC(c1cnnn1-c1ccccc1)C(C)(CC)OC. The fraction of sp³-hybridized carbons (Fsp3) is 0.500. The minimum Gasteiger partial charge on any atom is -0.376 e. The molecule has 2 aromatic rings. The van der Waals surface area contributed by atoms with E-state index in [1.54, 1.807) is 7.11 Å². The molecule has 0 aliphatic carbocycles. The van der Waals surface area contributed by atoms with E-state index in [1.807, 2.05) is 41.2 Å². The minimum absolute atomic E-state index is 0.0210. The first-order valence-corrected chi connectivity index (χ1v) is 7.40. The van der Waals surface area contributed by atoms with Gasteiger partial charge >= 0.3 is 0 Å². The molecule has 114 valence electrons. The maximum atomic E-state index is 5.78. The van der Waals surface area contributed by atoms with Crippen LogP contribution in [0.4, 0.5) is 0 Å². The molecule has 2 unspecified atom stereocenters. The molecule has 1 aromatic carbocycles. The van der Waals surface area contributed by atoms with E-state index in [0.717, 1.165) is 24.3 Å². The van der Waals surface area contributed by atoms with Crippen LogP contribution in [0, 0.1) is 0 Å². The van der Waals surface area contributed by atoms with Gasteiger partial charge in [0, 0.05) is 7.11 Å². The molecular weight excluding hydrogens is 264 g/mol. The van der Waals surface area contributed by atoms with E-state index in [9.17, 15) is 0 Å². The van der Waals surface area contributed by atoms with Gasteiger partial charge in [-0.15, -0.1) is 5.10 Å². The second-order valence-corrected chi connectivity index (χ2v) is 5.27. The van der Waals surface area contributed by atoms with Gasteiger partial charge in [-0.3, -0.25) is 0 Å². The maximum absolute atomic E-state index is 5.78. The summed E-state index contributed by atoms with van der Waals surface area (Å²) in [6.07, 6.45) is 2.70. The average molecular weight is 288 g/mol. The van der Waals surface area contributed by atoms with E-state index in [2.05, 4.69) is 36.4 Å². The van der Waals surface area contributed by atoms with Crippen LogP contribution < -0.4 is 5.32 Å². The van der Waals surface area contributed by atoms with E-state index in [-0.39, 0.29) is 11.6 Å². The van der Waals surface area contributed by atoms with Gasteiger partial charge in [0.15, 0.2) is 0 Å². The Kier molecular flexibility index (Phi) is 5.09. The van der Waals surface area contributed by atoms with Crippen molar-refractivity contribution in [1.29, 1.82) is 0 Å². The summed E-state index contributed by atoms with van der Waals surface area (Å²) in [4.78, 5) is 0. The number of hydrogen-bond donors (Lipinski definition) is 1. The Morgan fingerprint density at radius 3 is 2.57 bits per heavy atom. The van der Waals surface area contributed by atoms with Crippen molar-refractivity contribution in [2.75, 3.05) is 13.7 Å². The molecule has 1 aromatic heterocycles. The number of ether oxygens (including phenoxy) is 1. The smallest absolute Gasteiger partial charge is 0.0857 e. The Morgan fingerprint density at radius 2 is 2.00 bits per heavy atom. The number of nitrogens with zero attached hydrogens (tertiary/aromatic N) is 3. The molecule has 0 saturated carbocycles. The van der Waals surface area contributed by atoms with E-state index >= 15 is 0 Å². The van der Waals surface area contributed by atoms with Crippen molar-refractivity contribution >= 4 is 0 Å². The van der Waals surface area contributed by atoms with Gasteiger partial charge in [0.1, 0.15) is 0 Å². The van der Waals surface area contributed by atoms with Crippen LogP contribution in [-0.4, -0.2) is 34.2 Å². The van der Waals surface area contributed by atoms with Gasteiger partial charge in [-0.05, 0) is 32.0 Å². The zero-order valence-corrected chi connectivity index (χ0v) is 13.2. The molecule has 0 aliphatic heterocycles. The van der Waals surface area contributed by atoms with E-state index in [4.69, 9.17) is 4.74 Å². The molecule has 5 nitrogen and oxygen atoms in total. The first kappa shape index (κ1) is 15.7. The first-order valence-electron chi connectivity index (χ1n) is 7.40.